The molecule has 1 aliphatic carbocycles. The fourth-order valence-electron chi connectivity index (χ4n) is 4.90. The summed E-state index contributed by atoms with van der Waals surface area (Å²) in [4.78, 5) is 28.8. The number of hydrogen-bond acceptors (Lipinski definition) is 3. The number of benzene rings is 2. The van der Waals surface area contributed by atoms with E-state index in [0.717, 1.165) is 35.4 Å². The number of carbonyl (C=O) groups is 2. The Morgan fingerprint density at radius 1 is 1.03 bits per heavy atom. The van der Waals surface area contributed by atoms with Gasteiger partial charge in [0.05, 0.1) is 12.2 Å². The Labute approximate surface area is 188 Å². The van der Waals surface area contributed by atoms with Gasteiger partial charge in [-0.3, -0.25) is 9.69 Å². The Morgan fingerprint density at radius 3 is 2.62 bits per heavy atom. The number of rotatable bonds is 3. The molecule has 1 N–H and O–H groups in total. The third kappa shape index (κ3) is 3.54. The van der Waals surface area contributed by atoms with E-state index in [2.05, 4.69) is 19.1 Å². The molecule has 0 atom stereocenters. The molecular weight excluding hydrogens is 400 g/mol. The van der Waals surface area contributed by atoms with E-state index in [4.69, 9.17) is 0 Å². The van der Waals surface area contributed by atoms with Crippen LogP contribution in [0.4, 0.5) is 5.69 Å². The van der Waals surface area contributed by atoms with Crippen molar-refractivity contribution in [2.75, 3.05) is 4.90 Å². The maximum absolute atomic E-state index is 13.7. The van der Waals surface area contributed by atoms with Crippen LogP contribution in [0.2, 0.25) is 0 Å². The molecule has 0 unspecified atom stereocenters. The SMILES string of the molecule is Cc1cc(C(=O)N2C=C3CC=C(C(=O)O)N3Cc3ccccc32)ccc1C1=CCCCC1. The maximum atomic E-state index is 13.7. The van der Waals surface area contributed by atoms with E-state index in [-0.39, 0.29) is 11.6 Å². The highest BCUT2D eigenvalue weighted by Crippen LogP contribution is 2.36. The number of carboxylic acids is 1. The molecule has 5 heteroatoms. The third-order valence-corrected chi connectivity index (χ3v) is 6.55. The molecule has 2 aromatic rings. The lowest BCUT2D eigenvalue weighted by Gasteiger charge is -2.21. The number of carbonyl (C=O) groups excluding carboxylic acids is 1. The number of aliphatic carboxylic acids is 1. The summed E-state index contributed by atoms with van der Waals surface area (Å²) in [7, 11) is 0. The molecule has 0 saturated carbocycles. The quantitative estimate of drug-likeness (QED) is 0.691. The molecule has 0 spiro atoms. The fraction of sp³-hybridized carbons (Fsp3) is 0.259. The molecule has 162 valence electrons. The maximum Gasteiger partial charge on any atom is 0.352 e. The van der Waals surface area contributed by atoms with Crippen LogP contribution in [0.25, 0.3) is 5.57 Å². The lowest BCUT2D eigenvalue weighted by atomic mass is 9.90. The topological polar surface area (TPSA) is 60.9 Å². The van der Waals surface area contributed by atoms with Crippen LogP contribution in [-0.2, 0) is 11.3 Å². The first-order valence-electron chi connectivity index (χ1n) is 11.2. The van der Waals surface area contributed by atoms with Crippen LogP contribution >= 0.6 is 0 Å². The highest BCUT2D eigenvalue weighted by atomic mass is 16.4. The lowest BCUT2D eigenvalue weighted by molar-refractivity contribution is -0.134. The van der Waals surface area contributed by atoms with Gasteiger partial charge in [0.2, 0.25) is 0 Å². The van der Waals surface area contributed by atoms with E-state index in [0.29, 0.717) is 18.5 Å². The van der Waals surface area contributed by atoms with Gasteiger partial charge in [0.25, 0.3) is 5.91 Å². The van der Waals surface area contributed by atoms with E-state index in [9.17, 15) is 14.7 Å². The molecule has 0 bridgehead atoms. The van der Waals surface area contributed by atoms with E-state index in [1.165, 1.54) is 24.0 Å². The Morgan fingerprint density at radius 2 is 1.88 bits per heavy atom. The molecular formula is C27H26N2O3. The third-order valence-electron chi connectivity index (χ3n) is 6.55. The number of hydrogen-bond donors (Lipinski definition) is 1. The van der Waals surface area contributed by atoms with Crippen LogP contribution in [0.15, 0.2) is 72.2 Å². The zero-order valence-corrected chi connectivity index (χ0v) is 18.2. The summed E-state index contributed by atoms with van der Waals surface area (Å²) in [5.41, 5.74) is 7.14. The number of aryl methyl sites for hydroxylation is 1. The van der Waals surface area contributed by atoms with Gasteiger partial charge >= 0.3 is 5.97 Å². The average molecular weight is 427 g/mol. The fourth-order valence-corrected chi connectivity index (χ4v) is 4.90. The van der Waals surface area contributed by atoms with E-state index < -0.39 is 5.97 Å². The minimum absolute atomic E-state index is 0.108. The Balaban J connectivity index is 1.52. The summed E-state index contributed by atoms with van der Waals surface area (Å²) in [6.07, 6.45) is 11.0. The first-order valence-corrected chi connectivity index (χ1v) is 11.2. The smallest absolute Gasteiger partial charge is 0.352 e. The van der Waals surface area contributed by atoms with E-state index in [1.54, 1.807) is 22.1 Å². The van der Waals surface area contributed by atoms with Gasteiger partial charge in [-0.1, -0.05) is 30.3 Å². The van der Waals surface area contributed by atoms with Crippen LogP contribution in [0.5, 0.6) is 0 Å². The van der Waals surface area contributed by atoms with Crippen LogP contribution in [0.3, 0.4) is 0 Å². The number of amides is 1. The summed E-state index contributed by atoms with van der Waals surface area (Å²) in [5, 5.41) is 9.59. The van der Waals surface area contributed by atoms with Gasteiger partial charge in [0, 0.05) is 23.9 Å². The predicted octanol–water partition coefficient (Wildman–Crippen LogP) is 5.63. The molecule has 2 aromatic carbocycles. The molecule has 0 radical (unpaired) electrons. The van der Waals surface area contributed by atoms with Crippen LogP contribution in [0.1, 0.15) is 59.2 Å². The molecule has 1 amide bonds. The van der Waals surface area contributed by atoms with E-state index >= 15 is 0 Å². The van der Waals surface area contributed by atoms with Crippen molar-refractivity contribution in [3.8, 4) is 0 Å². The van der Waals surface area contributed by atoms with Crippen molar-refractivity contribution in [2.24, 2.45) is 0 Å². The van der Waals surface area contributed by atoms with Gasteiger partial charge in [-0.2, -0.15) is 0 Å². The second-order valence-electron chi connectivity index (χ2n) is 8.61. The summed E-state index contributed by atoms with van der Waals surface area (Å²) in [6.45, 7) is 2.49. The first kappa shape index (κ1) is 20.3. The summed E-state index contributed by atoms with van der Waals surface area (Å²) in [6, 6.07) is 13.7. The number of carboxylic acid groups (broad SMARTS) is 1. The van der Waals surface area contributed by atoms with Gasteiger partial charge in [0.15, 0.2) is 0 Å². The van der Waals surface area contributed by atoms with Gasteiger partial charge in [-0.15, -0.1) is 0 Å². The highest BCUT2D eigenvalue weighted by Gasteiger charge is 2.31. The molecule has 5 rings (SSSR count). The van der Waals surface area contributed by atoms with Crippen molar-refractivity contribution in [1.29, 1.82) is 0 Å². The Bertz CT molecular complexity index is 1210. The van der Waals surface area contributed by atoms with Crippen molar-refractivity contribution in [3.63, 3.8) is 0 Å². The van der Waals surface area contributed by atoms with Crippen LogP contribution in [-0.4, -0.2) is 21.9 Å². The van der Waals surface area contributed by atoms with Crippen molar-refractivity contribution in [2.45, 2.75) is 45.6 Å². The number of anilines is 1. The largest absolute Gasteiger partial charge is 0.477 e. The summed E-state index contributed by atoms with van der Waals surface area (Å²) >= 11 is 0. The van der Waals surface area contributed by atoms with E-state index in [1.807, 2.05) is 36.4 Å². The highest BCUT2D eigenvalue weighted by molar-refractivity contribution is 6.08. The van der Waals surface area contributed by atoms with Gasteiger partial charge in [-0.05, 0) is 79.1 Å². The van der Waals surface area contributed by atoms with Crippen molar-refractivity contribution >= 4 is 23.1 Å². The van der Waals surface area contributed by atoms with Crippen molar-refractivity contribution in [3.05, 3.63) is 94.5 Å². The van der Waals surface area contributed by atoms with Crippen molar-refractivity contribution < 1.29 is 14.7 Å². The molecule has 0 fully saturated rings. The second-order valence-corrected chi connectivity index (χ2v) is 8.61. The first-order chi connectivity index (χ1) is 15.5. The standard InChI is InChI=1S/C27H26N2O3/c1-18-15-20(11-13-23(18)19-7-3-2-4-8-19)26(30)29-17-22-12-14-25(27(31)32)28(22)16-21-9-5-6-10-24(21)29/h5-7,9-11,13-15,17H,2-4,8,12,16H2,1H3,(H,31,32). The number of nitrogens with zero attached hydrogens (tertiary/aromatic N) is 2. The predicted molar refractivity (Wildman–Crippen MR) is 125 cm³/mol. The van der Waals surface area contributed by atoms with Crippen molar-refractivity contribution in [1.82, 2.24) is 4.90 Å². The normalized spacial score (nSPS) is 17.6. The molecule has 32 heavy (non-hydrogen) atoms. The Hall–Kier alpha value is -3.60. The number of para-hydroxylation sites is 1. The monoisotopic (exact) mass is 426 g/mol. The summed E-state index contributed by atoms with van der Waals surface area (Å²) < 4.78 is 0. The Kier molecular flexibility index (Phi) is 5.17. The molecule has 0 saturated heterocycles. The lowest BCUT2D eigenvalue weighted by Crippen LogP contribution is -2.26. The second kappa shape index (κ2) is 8.15. The molecule has 0 aromatic heterocycles. The molecule has 2 aliphatic heterocycles. The van der Waals surface area contributed by atoms with Gasteiger partial charge in [0.1, 0.15) is 5.70 Å². The zero-order chi connectivity index (χ0) is 22.2. The summed E-state index contributed by atoms with van der Waals surface area (Å²) in [5.74, 6) is -1.06. The molecule has 3 aliphatic rings. The minimum atomic E-state index is -0.950. The van der Waals surface area contributed by atoms with Crippen LogP contribution in [0, 0.1) is 6.92 Å². The van der Waals surface area contributed by atoms with Gasteiger partial charge in [-0.25, -0.2) is 4.79 Å². The minimum Gasteiger partial charge on any atom is -0.477 e. The molecule has 5 nitrogen and oxygen atoms in total. The average Bonchev–Trinajstić information content (AvgIpc) is 3.13. The number of fused-ring (bicyclic) bond motifs is 2. The zero-order valence-electron chi connectivity index (χ0n) is 18.2. The van der Waals surface area contributed by atoms with Gasteiger partial charge < -0.3 is 10.0 Å². The van der Waals surface area contributed by atoms with Crippen LogP contribution < -0.4 is 4.90 Å². The molecule has 2 heterocycles. The number of allylic oxidation sites excluding steroid dienone is 3.